The average molecular weight is 297 g/mol. The fraction of sp³-hybridized carbons (Fsp3) is 0.316. The normalized spacial score (nSPS) is 14.9. The number of carbonyl (C=O) groups is 1. The summed E-state index contributed by atoms with van der Waals surface area (Å²) in [5.74, 6) is -0.111. The Morgan fingerprint density at radius 1 is 1.00 bits per heavy atom. The van der Waals surface area contributed by atoms with Crippen molar-refractivity contribution in [2.45, 2.75) is 32.4 Å². The van der Waals surface area contributed by atoms with Gasteiger partial charge in [0.1, 0.15) is 6.10 Å². The highest BCUT2D eigenvalue weighted by atomic mass is 16.3. The second-order valence-corrected chi connectivity index (χ2v) is 5.56. The van der Waals surface area contributed by atoms with Crippen LogP contribution in [-0.2, 0) is 4.79 Å². The van der Waals surface area contributed by atoms with Crippen LogP contribution in [0.2, 0.25) is 0 Å². The molecule has 2 rings (SSSR count). The van der Waals surface area contributed by atoms with Crippen molar-refractivity contribution < 1.29 is 9.90 Å². The molecule has 0 saturated carbocycles. The summed E-state index contributed by atoms with van der Waals surface area (Å²) in [7, 11) is 0. The Morgan fingerprint density at radius 2 is 1.50 bits per heavy atom. The summed E-state index contributed by atoms with van der Waals surface area (Å²) in [4.78, 5) is 12.3. The Hall–Kier alpha value is -2.13. The van der Waals surface area contributed by atoms with Gasteiger partial charge in [0.15, 0.2) is 0 Å². The summed E-state index contributed by atoms with van der Waals surface area (Å²) in [5, 5.41) is 13.7. The molecule has 3 nitrogen and oxygen atoms in total. The van der Waals surface area contributed by atoms with Gasteiger partial charge in [-0.25, -0.2) is 0 Å². The number of carbonyl (C=O) groups excluding carboxylic acids is 1. The maximum atomic E-state index is 12.3. The fourth-order valence-electron chi connectivity index (χ4n) is 2.33. The van der Waals surface area contributed by atoms with E-state index in [1.165, 1.54) is 0 Å². The summed E-state index contributed by atoms with van der Waals surface area (Å²) >= 11 is 0. The van der Waals surface area contributed by atoms with Gasteiger partial charge in [0.05, 0.1) is 6.04 Å². The SMILES string of the molecule is CCC(C)C(=O)N[C@H](c1ccccc1)[C@@H](O)c1ccccc1. The van der Waals surface area contributed by atoms with E-state index in [1.54, 1.807) is 0 Å². The predicted molar refractivity (Wildman–Crippen MR) is 88.2 cm³/mol. The minimum Gasteiger partial charge on any atom is -0.386 e. The molecule has 0 aromatic heterocycles. The number of aliphatic hydroxyl groups is 1. The van der Waals surface area contributed by atoms with E-state index in [-0.39, 0.29) is 11.8 Å². The van der Waals surface area contributed by atoms with E-state index in [1.807, 2.05) is 74.5 Å². The minimum absolute atomic E-state index is 0.0358. The Morgan fingerprint density at radius 3 is 2.00 bits per heavy atom. The van der Waals surface area contributed by atoms with Gasteiger partial charge in [-0.15, -0.1) is 0 Å². The Labute approximate surface area is 132 Å². The number of amides is 1. The van der Waals surface area contributed by atoms with Gasteiger partial charge in [0.25, 0.3) is 0 Å². The molecule has 3 heteroatoms. The Balaban J connectivity index is 2.28. The van der Waals surface area contributed by atoms with Gasteiger partial charge >= 0.3 is 0 Å². The largest absolute Gasteiger partial charge is 0.386 e. The molecule has 0 aliphatic rings. The first kappa shape index (κ1) is 16.2. The van der Waals surface area contributed by atoms with E-state index in [0.29, 0.717) is 0 Å². The van der Waals surface area contributed by atoms with E-state index in [9.17, 15) is 9.90 Å². The molecular formula is C19H23NO2. The van der Waals surface area contributed by atoms with Gasteiger partial charge < -0.3 is 10.4 Å². The van der Waals surface area contributed by atoms with Gasteiger partial charge in [-0.2, -0.15) is 0 Å². The molecule has 3 atom stereocenters. The first-order valence-electron chi connectivity index (χ1n) is 7.71. The monoisotopic (exact) mass is 297 g/mol. The summed E-state index contributed by atoms with van der Waals surface area (Å²) in [5.41, 5.74) is 1.69. The first-order chi connectivity index (χ1) is 10.6. The molecule has 0 spiro atoms. The summed E-state index contributed by atoms with van der Waals surface area (Å²) < 4.78 is 0. The van der Waals surface area contributed by atoms with Crippen LogP contribution in [-0.4, -0.2) is 11.0 Å². The molecule has 2 N–H and O–H groups in total. The van der Waals surface area contributed by atoms with E-state index < -0.39 is 12.1 Å². The van der Waals surface area contributed by atoms with Gasteiger partial charge in [-0.05, 0) is 17.5 Å². The highest BCUT2D eigenvalue weighted by molar-refractivity contribution is 5.78. The average Bonchev–Trinajstić information content (AvgIpc) is 2.59. The molecule has 0 aliphatic heterocycles. The topological polar surface area (TPSA) is 49.3 Å². The van der Waals surface area contributed by atoms with E-state index >= 15 is 0 Å². The molecule has 22 heavy (non-hydrogen) atoms. The lowest BCUT2D eigenvalue weighted by Crippen LogP contribution is -2.35. The number of hydrogen-bond acceptors (Lipinski definition) is 2. The van der Waals surface area contributed by atoms with Crippen molar-refractivity contribution in [3.63, 3.8) is 0 Å². The highest BCUT2D eigenvalue weighted by Crippen LogP contribution is 2.29. The predicted octanol–water partition coefficient (Wildman–Crippen LogP) is 3.62. The van der Waals surface area contributed by atoms with Gasteiger partial charge in [-0.1, -0.05) is 74.5 Å². The van der Waals surface area contributed by atoms with Crippen LogP contribution in [0.3, 0.4) is 0 Å². The zero-order chi connectivity index (χ0) is 15.9. The molecule has 0 heterocycles. The number of rotatable bonds is 6. The van der Waals surface area contributed by atoms with E-state index in [4.69, 9.17) is 0 Å². The lowest BCUT2D eigenvalue weighted by Gasteiger charge is -2.26. The molecular weight excluding hydrogens is 274 g/mol. The van der Waals surface area contributed by atoms with Crippen molar-refractivity contribution >= 4 is 5.91 Å². The molecule has 0 radical (unpaired) electrons. The molecule has 0 aliphatic carbocycles. The van der Waals surface area contributed by atoms with Crippen LogP contribution < -0.4 is 5.32 Å². The van der Waals surface area contributed by atoms with Crippen LogP contribution in [0.25, 0.3) is 0 Å². The van der Waals surface area contributed by atoms with Crippen LogP contribution in [0.4, 0.5) is 0 Å². The molecule has 0 bridgehead atoms. The van der Waals surface area contributed by atoms with Gasteiger partial charge in [-0.3, -0.25) is 4.79 Å². The van der Waals surface area contributed by atoms with Crippen LogP contribution in [0.1, 0.15) is 43.5 Å². The molecule has 0 fully saturated rings. The molecule has 1 unspecified atom stereocenters. The Bertz CT molecular complexity index is 583. The Kier molecular flexibility index (Phi) is 5.73. The van der Waals surface area contributed by atoms with Crippen LogP contribution >= 0.6 is 0 Å². The van der Waals surface area contributed by atoms with Crippen molar-refractivity contribution in [2.75, 3.05) is 0 Å². The number of hydrogen-bond donors (Lipinski definition) is 2. The smallest absolute Gasteiger partial charge is 0.223 e. The van der Waals surface area contributed by atoms with Crippen molar-refractivity contribution in [2.24, 2.45) is 5.92 Å². The maximum Gasteiger partial charge on any atom is 0.223 e. The molecule has 2 aromatic rings. The second-order valence-electron chi connectivity index (χ2n) is 5.56. The van der Waals surface area contributed by atoms with Crippen molar-refractivity contribution in [1.82, 2.24) is 5.32 Å². The zero-order valence-electron chi connectivity index (χ0n) is 13.1. The van der Waals surface area contributed by atoms with Crippen LogP contribution in [0.15, 0.2) is 60.7 Å². The zero-order valence-corrected chi connectivity index (χ0v) is 13.1. The second kappa shape index (κ2) is 7.76. The van der Waals surface area contributed by atoms with E-state index in [2.05, 4.69) is 5.32 Å². The third-order valence-corrected chi connectivity index (χ3v) is 3.97. The molecule has 116 valence electrons. The maximum absolute atomic E-state index is 12.3. The molecule has 2 aromatic carbocycles. The van der Waals surface area contributed by atoms with Gasteiger partial charge in [0, 0.05) is 5.92 Å². The third-order valence-electron chi connectivity index (χ3n) is 3.97. The fourth-order valence-corrected chi connectivity index (χ4v) is 2.33. The summed E-state index contributed by atoms with van der Waals surface area (Å²) in [6.45, 7) is 3.88. The summed E-state index contributed by atoms with van der Waals surface area (Å²) in [6.07, 6.45) is -0.00833. The van der Waals surface area contributed by atoms with Crippen LogP contribution in [0.5, 0.6) is 0 Å². The number of benzene rings is 2. The summed E-state index contributed by atoms with van der Waals surface area (Å²) in [6, 6.07) is 18.6. The lowest BCUT2D eigenvalue weighted by atomic mass is 9.95. The van der Waals surface area contributed by atoms with Crippen molar-refractivity contribution in [3.05, 3.63) is 71.8 Å². The third kappa shape index (κ3) is 3.95. The van der Waals surface area contributed by atoms with Crippen molar-refractivity contribution in [1.29, 1.82) is 0 Å². The number of nitrogens with one attached hydrogen (secondary N) is 1. The molecule has 0 saturated heterocycles. The standard InChI is InChI=1S/C19H23NO2/c1-3-14(2)19(22)20-17(15-10-6-4-7-11-15)18(21)16-12-8-5-9-13-16/h4-14,17-18,21H,3H2,1-2H3,(H,20,22)/t14?,17-,18+/m1/s1. The lowest BCUT2D eigenvalue weighted by molar-refractivity contribution is -0.126. The number of aliphatic hydroxyl groups excluding tert-OH is 1. The first-order valence-corrected chi connectivity index (χ1v) is 7.71. The quantitative estimate of drug-likeness (QED) is 0.855. The van der Waals surface area contributed by atoms with Crippen LogP contribution in [0, 0.1) is 5.92 Å². The highest BCUT2D eigenvalue weighted by Gasteiger charge is 2.25. The van der Waals surface area contributed by atoms with E-state index in [0.717, 1.165) is 17.5 Å². The molecule has 1 amide bonds. The van der Waals surface area contributed by atoms with Crippen molar-refractivity contribution in [3.8, 4) is 0 Å². The minimum atomic E-state index is -0.781. The van der Waals surface area contributed by atoms with Gasteiger partial charge in [0.2, 0.25) is 5.91 Å².